The third kappa shape index (κ3) is 13.7. The summed E-state index contributed by atoms with van der Waals surface area (Å²) < 4.78 is 66.2. The number of anilines is 1. The van der Waals surface area contributed by atoms with Crippen molar-refractivity contribution < 1.29 is 35.8 Å². The Bertz CT molecular complexity index is 3320. The van der Waals surface area contributed by atoms with Crippen molar-refractivity contribution in [3.63, 3.8) is 0 Å². The van der Waals surface area contributed by atoms with Gasteiger partial charge in [0.15, 0.2) is 0 Å². The van der Waals surface area contributed by atoms with Crippen LogP contribution in [-0.4, -0.2) is 58.5 Å². The fraction of sp³-hybridized carbons (Fsp3) is 0.130. The average molecular weight is 953 g/mol. The smallest absolute Gasteiger partial charge is 0.305 e. The van der Waals surface area contributed by atoms with Crippen molar-refractivity contribution >= 4 is 77.7 Å². The molecule has 1 heterocycles. The number of nitrogens with one attached hydrogen (secondary N) is 1. The van der Waals surface area contributed by atoms with Crippen molar-refractivity contribution in [2.75, 3.05) is 11.9 Å². The monoisotopic (exact) mass is 952 g/mol. The summed E-state index contributed by atoms with van der Waals surface area (Å²) in [6.07, 6.45) is 0.454. The van der Waals surface area contributed by atoms with Crippen LogP contribution >= 0.6 is 0 Å². The average Bonchev–Trinajstić information content (AvgIpc) is 3.30. The van der Waals surface area contributed by atoms with Gasteiger partial charge in [-0.15, -0.1) is 5.11 Å². The summed E-state index contributed by atoms with van der Waals surface area (Å²) >= 11 is 0. The fourth-order valence-electron chi connectivity index (χ4n) is 6.30. The van der Waals surface area contributed by atoms with E-state index < -0.39 is 31.1 Å². The Hall–Kier alpha value is -8.18. The molecule has 7 rings (SSSR count). The highest BCUT2D eigenvalue weighted by Gasteiger charge is 2.18. The first-order valence-corrected chi connectivity index (χ1v) is 23.3. The molecular weight excluding hydrogens is 913 g/mol. The number of aromatic nitrogens is 3. The summed E-state index contributed by atoms with van der Waals surface area (Å²) in [6.45, 7) is 3.81. The molecule has 7 aromatic rings. The van der Waals surface area contributed by atoms with Crippen LogP contribution in [0.1, 0.15) is 40.3 Å². The summed E-state index contributed by atoms with van der Waals surface area (Å²) in [5.41, 5.74) is 6.48. The lowest BCUT2D eigenvalue weighted by Crippen LogP contribution is -2.14. The summed E-state index contributed by atoms with van der Waals surface area (Å²) in [7, 11) is -9.00. The van der Waals surface area contributed by atoms with E-state index >= 15 is 0 Å². The number of carbonyl (C=O) groups is 1. The Kier molecular flexibility index (Phi) is 15.0. The SMILES string of the molecule is Cc1cc(Cc2nc(Cc3ccc(N=Nc4ccc(N=Nc5ccccc5)cc4S(=O)(=O)O)c(C)c3)nc(NCCC(=O)O)n2)ccc1N=Nc1ccc(N=Nc2ccc(S(=O)(=O)O)cc2)cc1. The van der Waals surface area contributed by atoms with Gasteiger partial charge in [-0.25, -0.2) is 4.98 Å². The predicted octanol–water partition coefficient (Wildman–Crippen LogP) is 11.7. The zero-order chi connectivity index (χ0) is 48.3. The summed E-state index contributed by atoms with van der Waals surface area (Å²) in [4.78, 5) is 24.4. The second kappa shape index (κ2) is 21.4. The first-order chi connectivity index (χ1) is 32.5. The Morgan fingerprint density at radius 2 is 0.956 bits per heavy atom. The fourth-order valence-corrected chi connectivity index (χ4v) is 7.42. The highest BCUT2D eigenvalue weighted by molar-refractivity contribution is 7.86. The Labute approximate surface area is 390 Å². The van der Waals surface area contributed by atoms with Crippen LogP contribution in [0.4, 0.5) is 51.4 Å². The van der Waals surface area contributed by atoms with Crippen molar-refractivity contribution in [2.24, 2.45) is 40.9 Å². The molecule has 68 heavy (non-hydrogen) atoms. The summed E-state index contributed by atoms with van der Waals surface area (Å²) in [5, 5.41) is 45.8. The van der Waals surface area contributed by atoms with Gasteiger partial charge in [0, 0.05) is 19.4 Å². The predicted molar refractivity (Wildman–Crippen MR) is 251 cm³/mol. The quantitative estimate of drug-likeness (QED) is 0.0461. The second-order valence-electron chi connectivity index (χ2n) is 14.9. The maximum atomic E-state index is 12.3. The molecule has 4 N–H and O–H groups in total. The van der Waals surface area contributed by atoms with Crippen LogP contribution in [0.3, 0.4) is 0 Å². The molecule has 0 amide bonds. The molecule has 0 spiro atoms. The lowest BCUT2D eigenvalue weighted by Gasteiger charge is -2.10. The third-order valence-corrected chi connectivity index (χ3v) is 11.4. The first-order valence-electron chi connectivity index (χ1n) is 20.4. The molecule has 0 unspecified atom stereocenters. The minimum Gasteiger partial charge on any atom is -0.481 e. The van der Waals surface area contributed by atoms with Crippen molar-refractivity contribution in [3.8, 4) is 0 Å². The zero-order valence-electron chi connectivity index (χ0n) is 36.1. The number of carboxylic acid groups (broad SMARTS) is 1. The molecule has 0 saturated heterocycles. The van der Waals surface area contributed by atoms with Crippen LogP contribution in [0, 0.1) is 13.8 Å². The Balaban J connectivity index is 1.02. The van der Waals surface area contributed by atoms with E-state index in [9.17, 15) is 31.3 Å². The van der Waals surface area contributed by atoms with Crippen LogP contribution in [0.2, 0.25) is 0 Å². The molecule has 20 nitrogen and oxygen atoms in total. The van der Waals surface area contributed by atoms with Gasteiger partial charge >= 0.3 is 5.97 Å². The number of aryl methyl sites for hydroxylation is 2. The number of rotatable bonds is 18. The topological polar surface area (TPSA) is 296 Å². The second-order valence-corrected chi connectivity index (χ2v) is 17.7. The molecule has 0 atom stereocenters. The molecule has 0 bridgehead atoms. The van der Waals surface area contributed by atoms with Crippen LogP contribution in [0.5, 0.6) is 0 Å². The van der Waals surface area contributed by atoms with Gasteiger partial charge in [0.1, 0.15) is 22.2 Å². The number of hydrogen-bond donors (Lipinski definition) is 4. The zero-order valence-corrected chi connectivity index (χ0v) is 37.8. The number of aliphatic carboxylic acids is 1. The highest BCUT2D eigenvalue weighted by atomic mass is 32.2. The van der Waals surface area contributed by atoms with E-state index in [1.807, 2.05) is 44.2 Å². The number of azo groups is 4. The molecule has 0 fully saturated rings. The summed E-state index contributed by atoms with van der Waals surface area (Å²) in [6, 6.07) is 36.1. The first kappa shape index (κ1) is 47.8. The maximum absolute atomic E-state index is 12.3. The van der Waals surface area contributed by atoms with E-state index in [1.54, 1.807) is 60.7 Å². The molecule has 0 aliphatic heterocycles. The van der Waals surface area contributed by atoms with E-state index in [0.717, 1.165) is 22.8 Å². The number of carboxylic acids is 1. The normalized spacial score (nSPS) is 12.2. The van der Waals surface area contributed by atoms with Crippen molar-refractivity contribution in [1.82, 2.24) is 15.0 Å². The number of hydrogen-bond acceptors (Lipinski definition) is 17. The van der Waals surface area contributed by atoms with Gasteiger partial charge in [0.2, 0.25) is 5.95 Å². The van der Waals surface area contributed by atoms with Crippen molar-refractivity contribution in [3.05, 3.63) is 167 Å². The minimum absolute atomic E-state index is 0.0943. The van der Waals surface area contributed by atoms with E-state index in [-0.39, 0.29) is 41.6 Å². The molecule has 0 radical (unpaired) electrons. The minimum atomic E-state index is -4.70. The lowest BCUT2D eigenvalue weighted by molar-refractivity contribution is -0.136. The van der Waals surface area contributed by atoms with Gasteiger partial charge in [-0.1, -0.05) is 42.5 Å². The van der Waals surface area contributed by atoms with Crippen LogP contribution in [-0.2, 0) is 37.9 Å². The van der Waals surface area contributed by atoms with Gasteiger partial charge in [-0.3, -0.25) is 13.9 Å². The molecule has 0 saturated carbocycles. The lowest BCUT2D eigenvalue weighted by atomic mass is 10.1. The van der Waals surface area contributed by atoms with E-state index in [4.69, 9.17) is 9.54 Å². The van der Waals surface area contributed by atoms with Crippen LogP contribution < -0.4 is 5.32 Å². The molecule has 0 aliphatic rings. The van der Waals surface area contributed by atoms with Gasteiger partial charge in [-0.2, -0.15) is 62.6 Å². The van der Waals surface area contributed by atoms with E-state index in [1.165, 1.54) is 36.4 Å². The summed E-state index contributed by atoms with van der Waals surface area (Å²) in [5.74, 6) is 0.111. The Morgan fingerprint density at radius 3 is 1.46 bits per heavy atom. The van der Waals surface area contributed by atoms with Gasteiger partial charge in [-0.05, 0) is 127 Å². The molecule has 344 valence electrons. The van der Waals surface area contributed by atoms with Gasteiger partial charge in [0.05, 0.1) is 51.1 Å². The van der Waals surface area contributed by atoms with E-state index in [2.05, 4.69) is 56.2 Å². The highest BCUT2D eigenvalue weighted by Crippen LogP contribution is 2.33. The maximum Gasteiger partial charge on any atom is 0.305 e. The van der Waals surface area contributed by atoms with Crippen LogP contribution in [0.25, 0.3) is 0 Å². The molecule has 6 aromatic carbocycles. The van der Waals surface area contributed by atoms with Gasteiger partial charge < -0.3 is 10.4 Å². The van der Waals surface area contributed by atoms with Crippen LogP contribution in [0.15, 0.2) is 184 Å². The van der Waals surface area contributed by atoms with Crippen molar-refractivity contribution in [1.29, 1.82) is 0 Å². The van der Waals surface area contributed by atoms with Gasteiger partial charge in [0.25, 0.3) is 20.2 Å². The standard InChI is InChI=1S/C46H40N12O8S2/c1-29-24-31(8-19-39(29)56-54-35-12-10-34(11-13-35)52-53-36-14-17-38(18-15-36)67(61,62)63)26-43-48-44(50-46(49-43)47-23-22-45(59)60)27-32-9-20-40(30(2)25-32)57-58-41-21-16-37(28-42(41)68(64,65)66)55-51-33-6-4-3-5-7-33/h3-21,24-25,28H,22-23,26-27H2,1-2H3,(H,59,60)(H,61,62,63)(H,64,65,66)(H,47,48,49,50). The van der Waals surface area contributed by atoms with E-state index in [0.29, 0.717) is 57.8 Å². The molecule has 0 aliphatic carbocycles. The molecular formula is C46H40N12O8S2. The largest absolute Gasteiger partial charge is 0.481 e. The molecule has 22 heteroatoms. The number of benzene rings is 6. The number of nitrogens with zero attached hydrogens (tertiary/aromatic N) is 11. The Morgan fingerprint density at radius 1 is 0.515 bits per heavy atom. The molecule has 1 aromatic heterocycles. The third-order valence-electron chi connectivity index (χ3n) is 9.66. The van der Waals surface area contributed by atoms with Crippen molar-refractivity contribution in [2.45, 2.75) is 42.9 Å².